The summed E-state index contributed by atoms with van der Waals surface area (Å²) in [4.78, 5) is 2.48. The van der Waals surface area contributed by atoms with Crippen LogP contribution in [0.3, 0.4) is 0 Å². The highest BCUT2D eigenvalue weighted by Crippen LogP contribution is 2.33. The van der Waals surface area contributed by atoms with Gasteiger partial charge in [-0.05, 0) is 25.0 Å². The van der Waals surface area contributed by atoms with Gasteiger partial charge in [-0.25, -0.2) is 0 Å². The van der Waals surface area contributed by atoms with Crippen LogP contribution in [-0.4, -0.2) is 32.8 Å². The highest BCUT2D eigenvalue weighted by Gasteiger charge is 2.19. The van der Waals surface area contributed by atoms with Gasteiger partial charge in [-0.15, -0.1) is 0 Å². The van der Waals surface area contributed by atoms with Gasteiger partial charge in [0.25, 0.3) is 0 Å². The number of hydrogen-bond acceptors (Lipinski definition) is 3. The Hall–Kier alpha value is -1.22. The van der Waals surface area contributed by atoms with E-state index in [0.717, 1.165) is 51.4 Å². The number of rotatable bonds is 1. The molecule has 0 saturated carbocycles. The SMILES string of the molecule is c1cc2c(c(N3CCNCC3)c1)CCCO2. The molecule has 0 amide bonds. The Labute approximate surface area is 96.4 Å². The average Bonchev–Trinajstić information content (AvgIpc) is 2.39. The molecule has 0 unspecified atom stereocenters. The van der Waals surface area contributed by atoms with E-state index < -0.39 is 0 Å². The summed E-state index contributed by atoms with van der Waals surface area (Å²) >= 11 is 0. The minimum atomic E-state index is 0.873. The van der Waals surface area contributed by atoms with Crippen LogP contribution in [0, 0.1) is 0 Å². The topological polar surface area (TPSA) is 24.5 Å². The molecule has 0 aliphatic carbocycles. The monoisotopic (exact) mass is 218 g/mol. The van der Waals surface area contributed by atoms with Gasteiger partial charge in [0, 0.05) is 37.4 Å². The van der Waals surface area contributed by atoms with Crippen molar-refractivity contribution in [2.75, 3.05) is 37.7 Å². The first kappa shape index (κ1) is 9.97. The predicted molar refractivity (Wildman–Crippen MR) is 65.3 cm³/mol. The molecule has 1 N–H and O–H groups in total. The molecule has 3 rings (SSSR count). The molecule has 1 aromatic carbocycles. The lowest BCUT2D eigenvalue weighted by atomic mass is 10.0. The summed E-state index contributed by atoms with van der Waals surface area (Å²) in [6.07, 6.45) is 2.31. The standard InChI is InChI=1S/C13H18N2O/c1-4-12(15-8-6-14-7-9-15)11-3-2-10-16-13(11)5-1/h1,4-5,14H,2-3,6-10H2. The van der Waals surface area contributed by atoms with Crippen LogP contribution in [0.25, 0.3) is 0 Å². The fourth-order valence-electron chi connectivity index (χ4n) is 2.57. The molecule has 1 fully saturated rings. The molecule has 2 heterocycles. The predicted octanol–water partition coefficient (Wildman–Crippen LogP) is 1.42. The van der Waals surface area contributed by atoms with Crippen LogP contribution in [0.4, 0.5) is 5.69 Å². The van der Waals surface area contributed by atoms with Crippen LogP contribution in [0.1, 0.15) is 12.0 Å². The largest absolute Gasteiger partial charge is 0.493 e. The van der Waals surface area contributed by atoms with Gasteiger partial charge < -0.3 is 15.0 Å². The Balaban J connectivity index is 1.93. The Morgan fingerprint density at radius 2 is 2.06 bits per heavy atom. The molecule has 0 bridgehead atoms. The average molecular weight is 218 g/mol. The smallest absolute Gasteiger partial charge is 0.124 e. The van der Waals surface area contributed by atoms with E-state index in [1.54, 1.807) is 0 Å². The lowest BCUT2D eigenvalue weighted by Crippen LogP contribution is -2.44. The van der Waals surface area contributed by atoms with Gasteiger partial charge in [0.1, 0.15) is 5.75 Å². The second-order valence-corrected chi connectivity index (χ2v) is 4.44. The summed E-state index contributed by atoms with van der Waals surface area (Å²) in [7, 11) is 0. The van der Waals surface area contributed by atoms with Crippen molar-refractivity contribution in [3.63, 3.8) is 0 Å². The summed E-state index contributed by atoms with van der Waals surface area (Å²) in [6, 6.07) is 6.44. The third kappa shape index (κ3) is 1.76. The summed E-state index contributed by atoms with van der Waals surface area (Å²) in [6.45, 7) is 5.26. The Kier molecular flexibility index (Phi) is 2.70. The van der Waals surface area contributed by atoms with Crippen molar-refractivity contribution in [1.29, 1.82) is 0 Å². The maximum Gasteiger partial charge on any atom is 0.124 e. The third-order valence-electron chi connectivity index (χ3n) is 3.39. The number of nitrogens with one attached hydrogen (secondary N) is 1. The van der Waals surface area contributed by atoms with Gasteiger partial charge >= 0.3 is 0 Å². The zero-order valence-corrected chi connectivity index (χ0v) is 9.54. The molecule has 0 radical (unpaired) electrons. The molecule has 2 aliphatic heterocycles. The van der Waals surface area contributed by atoms with Crippen molar-refractivity contribution in [2.24, 2.45) is 0 Å². The summed E-state index contributed by atoms with van der Waals surface area (Å²) in [5.41, 5.74) is 2.80. The van der Waals surface area contributed by atoms with Gasteiger partial charge in [0.05, 0.1) is 6.61 Å². The van der Waals surface area contributed by atoms with Crippen LogP contribution in [0.15, 0.2) is 18.2 Å². The van der Waals surface area contributed by atoms with Crippen molar-refractivity contribution in [2.45, 2.75) is 12.8 Å². The molecule has 16 heavy (non-hydrogen) atoms. The zero-order chi connectivity index (χ0) is 10.8. The summed E-state index contributed by atoms with van der Waals surface area (Å²) < 4.78 is 5.71. The molecule has 2 aliphatic rings. The Bertz CT molecular complexity index is 372. The van der Waals surface area contributed by atoms with Crippen LogP contribution in [-0.2, 0) is 6.42 Å². The molecular weight excluding hydrogens is 200 g/mol. The number of ether oxygens (including phenoxy) is 1. The fourth-order valence-corrected chi connectivity index (χ4v) is 2.57. The first-order valence-electron chi connectivity index (χ1n) is 6.15. The van der Waals surface area contributed by atoms with Crippen molar-refractivity contribution in [3.05, 3.63) is 23.8 Å². The molecule has 1 saturated heterocycles. The Morgan fingerprint density at radius 3 is 2.94 bits per heavy atom. The van der Waals surface area contributed by atoms with Gasteiger partial charge in [0.2, 0.25) is 0 Å². The molecule has 0 spiro atoms. The maximum absolute atomic E-state index is 5.71. The van der Waals surface area contributed by atoms with Crippen molar-refractivity contribution in [3.8, 4) is 5.75 Å². The first-order chi connectivity index (χ1) is 7.95. The van der Waals surface area contributed by atoms with Crippen LogP contribution in [0.2, 0.25) is 0 Å². The molecule has 3 heteroatoms. The molecule has 0 aromatic heterocycles. The minimum Gasteiger partial charge on any atom is -0.493 e. The van der Waals surface area contributed by atoms with Crippen LogP contribution < -0.4 is 15.0 Å². The molecule has 0 atom stereocenters. The molecule has 1 aromatic rings. The first-order valence-corrected chi connectivity index (χ1v) is 6.15. The summed E-state index contributed by atoms with van der Waals surface area (Å²) in [5, 5.41) is 3.39. The Morgan fingerprint density at radius 1 is 1.19 bits per heavy atom. The number of piperazine rings is 1. The maximum atomic E-state index is 5.71. The molecule has 86 valence electrons. The summed E-state index contributed by atoms with van der Waals surface area (Å²) in [5.74, 6) is 1.10. The van der Waals surface area contributed by atoms with Gasteiger partial charge in [0.15, 0.2) is 0 Å². The minimum absolute atomic E-state index is 0.873. The van der Waals surface area contributed by atoms with Crippen molar-refractivity contribution < 1.29 is 4.74 Å². The number of hydrogen-bond donors (Lipinski definition) is 1. The van der Waals surface area contributed by atoms with E-state index in [4.69, 9.17) is 4.74 Å². The van der Waals surface area contributed by atoms with E-state index in [-0.39, 0.29) is 0 Å². The third-order valence-corrected chi connectivity index (χ3v) is 3.39. The second kappa shape index (κ2) is 4.34. The second-order valence-electron chi connectivity index (χ2n) is 4.44. The van der Waals surface area contributed by atoms with E-state index in [1.807, 2.05) is 0 Å². The van der Waals surface area contributed by atoms with Crippen molar-refractivity contribution >= 4 is 5.69 Å². The van der Waals surface area contributed by atoms with E-state index in [0.29, 0.717) is 0 Å². The van der Waals surface area contributed by atoms with E-state index in [2.05, 4.69) is 28.4 Å². The van der Waals surface area contributed by atoms with Gasteiger partial charge in [-0.3, -0.25) is 0 Å². The normalized spacial score (nSPS) is 20.1. The lowest BCUT2D eigenvalue weighted by Gasteiger charge is -2.32. The van der Waals surface area contributed by atoms with E-state index >= 15 is 0 Å². The van der Waals surface area contributed by atoms with Gasteiger partial charge in [-0.1, -0.05) is 6.07 Å². The zero-order valence-electron chi connectivity index (χ0n) is 9.54. The number of anilines is 1. The van der Waals surface area contributed by atoms with Gasteiger partial charge in [-0.2, -0.15) is 0 Å². The van der Waals surface area contributed by atoms with Crippen molar-refractivity contribution in [1.82, 2.24) is 5.32 Å². The number of fused-ring (bicyclic) bond motifs is 1. The molecular formula is C13H18N2O. The van der Waals surface area contributed by atoms with Crippen LogP contribution >= 0.6 is 0 Å². The quantitative estimate of drug-likeness (QED) is 0.771. The lowest BCUT2D eigenvalue weighted by molar-refractivity contribution is 0.288. The highest BCUT2D eigenvalue weighted by atomic mass is 16.5. The number of benzene rings is 1. The fraction of sp³-hybridized carbons (Fsp3) is 0.538. The highest BCUT2D eigenvalue weighted by molar-refractivity contribution is 5.60. The van der Waals surface area contributed by atoms with E-state index in [9.17, 15) is 0 Å². The molecule has 3 nitrogen and oxygen atoms in total. The van der Waals surface area contributed by atoms with Crippen LogP contribution in [0.5, 0.6) is 5.75 Å². The number of nitrogens with zero attached hydrogens (tertiary/aromatic N) is 1. The van der Waals surface area contributed by atoms with E-state index in [1.165, 1.54) is 11.3 Å².